The van der Waals surface area contributed by atoms with E-state index >= 15 is 0 Å². The van der Waals surface area contributed by atoms with Crippen LogP contribution >= 0.6 is 0 Å². The predicted octanol–water partition coefficient (Wildman–Crippen LogP) is 2.74. The molecule has 9 heavy (non-hydrogen) atoms. The van der Waals surface area contributed by atoms with Gasteiger partial charge in [-0.2, -0.15) is 0 Å². The Labute approximate surface area is 59.7 Å². The van der Waals surface area contributed by atoms with Gasteiger partial charge >= 0.3 is 0 Å². The van der Waals surface area contributed by atoms with Crippen LogP contribution in [-0.4, -0.2) is 8.07 Å². The molecule has 0 aliphatic rings. The molecule has 0 saturated carbocycles. The van der Waals surface area contributed by atoms with Gasteiger partial charge < -0.3 is 0 Å². The molecule has 0 bridgehead atoms. The second kappa shape index (κ2) is 3.08. The van der Waals surface area contributed by atoms with Gasteiger partial charge in [-0.1, -0.05) is 26.6 Å². The molecule has 0 amide bonds. The Morgan fingerprint density at radius 1 is 1.44 bits per heavy atom. The van der Waals surface area contributed by atoms with Crippen LogP contribution in [0.25, 0.3) is 0 Å². The van der Waals surface area contributed by atoms with E-state index in [0.717, 1.165) is 6.42 Å². The summed E-state index contributed by atoms with van der Waals surface area (Å²) in [4.78, 5) is 0. The smallest absolute Gasteiger partial charge is 0.0612 e. The summed E-state index contributed by atoms with van der Waals surface area (Å²) in [6.07, 6.45) is 6.50. The van der Waals surface area contributed by atoms with Crippen molar-refractivity contribution in [2.75, 3.05) is 0 Å². The van der Waals surface area contributed by atoms with Crippen LogP contribution in [0.2, 0.25) is 25.2 Å². The molecule has 0 aliphatic carbocycles. The fourth-order valence-corrected chi connectivity index (χ4v) is 2.70. The first-order valence-corrected chi connectivity index (χ1v) is 7.06. The minimum absolute atomic E-state index is 0.567. The molecule has 0 aromatic carbocycles. The van der Waals surface area contributed by atoms with Crippen molar-refractivity contribution in [3.05, 3.63) is 0 Å². The molecule has 0 spiro atoms. The van der Waals surface area contributed by atoms with Gasteiger partial charge in [-0.15, -0.1) is 12.3 Å². The van der Waals surface area contributed by atoms with Gasteiger partial charge in [-0.05, 0) is 6.42 Å². The number of rotatable bonds is 2. The zero-order valence-electron chi connectivity index (χ0n) is 6.86. The second-order valence-corrected chi connectivity index (χ2v) is 8.92. The Balaban J connectivity index is 4.00. The number of terminal acetylenes is 1. The van der Waals surface area contributed by atoms with Crippen molar-refractivity contribution in [3.63, 3.8) is 0 Å². The van der Waals surface area contributed by atoms with Crippen LogP contribution in [-0.2, 0) is 0 Å². The molecular weight excluding hydrogens is 124 g/mol. The van der Waals surface area contributed by atoms with Gasteiger partial charge in [0.1, 0.15) is 0 Å². The van der Waals surface area contributed by atoms with E-state index in [1.54, 1.807) is 0 Å². The van der Waals surface area contributed by atoms with Crippen LogP contribution in [0.5, 0.6) is 0 Å². The Hall–Kier alpha value is -0.223. The monoisotopic (exact) mass is 140 g/mol. The highest BCUT2D eigenvalue weighted by Crippen LogP contribution is 2.23. The molecule has 0 fully saturated rings. The first-order chi connectivity index (χ1) is 4.02. The lowest BCUT2D eigenvalue weighted by molar-refractivity contribution is 0.939. The number of hydrogen-bond acceptors (Lipinski definition) is 0. The third kappa shape index (κ3) is 2.72. The summed E-state index contributed by atoms with van der Waals surface area (Å²) in [6, 6.07) is 0. The van der Waals surface area contributed by atoms with Crippen LogP contribution in [0.4, 0.5) is 0 Å². The van der Waals surface area contributed by atoms with E-state index in [9.17, 15) is 0 Å². The molecule has 0 saturated heterocycles. The maximum absolute atomic E-state index is 5.35. The minimum Gasteiger partial charge on any atom is -0.120 e. The molecule has 1 heteroatoms. The third-order valence-corrected chi connectivity index (χ3v) is 4.32. The van der Waals surface area contributed by atoms with Gasteiger partial charge in [0, 0.05) is 5.54 Å². The van der Waals surface area contributed by atoms with Crippen molar-refractivity contribution in [3.8, 4) is 12.3 Å². The third-order valence-electron chi connectivity index (χ3n) is 1.65. The summed E-state index contributed by atoms with van der Waals surface area (Å²) < 4.78 is 0. The SMILES string of the molecule is C#CC(CC)[Si](C)(C)C. The van der Waals surface area contributed by atoms with E-state index in [0.29, 0.717) is 5.54 Å². The molecule has 0 aliphatic heterocycles. The minimum atomic E-state index is -1.02. The lowest BCUT2D eigenvalue weighted by atomic mass is 10.3. The average Bonchev–Trinajstić information content (AvgIpc) is 1.65. The summed E-state index contributed by atoms with van der Waals surface area (Å²) in [5.74, 6) is 2.85. The van der Waals surface area contributed by atoms with Crippen LogP contribution in [0.15, 0.2) is 0 Å². The highest BCUT2D eigenvalue weighted by atomic mass is 28.3. The maximum Gasteiger partial charge on any atom is 0.0612 e. The first kappa shape index (κ1) is 8.78. The largest absolute Gasteiger partial charge is 0.120 e. The summed E-state index contributed by atoms with van der Waals surface area (Å²) in [6.45, 7) is 9.13. The molecule has 0 rings (SSSR count). The molecule has 1 atom stereocenters. The topological polar surface area (TPSA) is 0 Å². The van der Waals surface area contributed by atoms with E-state index in [4.69, 9.17) is 6.42 Å². The molecule has 0 aromatic rings. The van der Waals surface area contributed by atoms with E-state index in [2.05, 4.69) is 32.5 Å². The maximum atomic E-state index is 5.35. The highest BCUT2D eigenvalue weighted by molar-refractivity contribution is 6.78. The first-order valence-electron chi connectivity index (χ1n) is 3.48. The van der Waals surface area contributed by atoms with E-state index in [1.807, 2.05) is 0 Å². The summed E-state index contributed by atoms with van der Waals surface area (Å²) >= 11 is 0. The Bertz CT molecular complexity index is 114. The Morgan fingerprint density at radius 3 is 1.89 bits per heavy atom. The van der Waals surface area contributed by atoms with Crippen molar-refractivity contribution in [2.24, 2.45) is 0 Å². The average molecular weight is 140 g/mol. The fraction of sp³-hybridized carbons (Fsp3) is 0.750. The Kier molecular flexibility index (Phi) is 3.00. The molecule has 0 radical (unpaired) electrons. The summed E-state index contributed by atoms with van der Waals surface area (Å²) in [5, 5.41) is 0. The Morgan fingerprint density at radius 2 is 1.89 bits per heavy atom. The van der Waals surface area contributed by atoms with Crippen LogP contribution in [0.1, 0.15) is 13.3 Å². The second-order valence-electron chi connectivity index (χ2n) is 3.49. The molecule has 0 nitrogen and oxygen atoms in total. The standard InChI is InChI=1S/C8H16Si/c1-6-8(7-2)9(3,4)5/h1,8H,7H2,2-5H3. The normalized spacial score (nSPS) is 14.6. The molecule has 1 unspecified atom stereocenters. The van der Waals surface area contributed by atoms with Crippen LogP contribution in [0.3, 0.4) is 0 Å². The molecule has 0 heterocycles. The van der Waals surface area contributed by atoms with Gasteiger partial charge in [0.25, 0.3) is 0 Å². The van der Waals surface area contributed by atoms with E-state index < -0.39 is 8.07 Å². The fourth-order valence-electron chi connectivity index (χ4n) is 0.980. The van der Waals surface area contributed by atoms with E-state index in [-0.39, 0.29) is 0 Å². The predicted molar refractivity (Wildman–Crippen MR) is 46.2 cm³/mol. The molecular formula is C8H16Si. The zero-order chi connectivity index (χ0) is 7.49. The highest BCUT2D eigenvalue weighted by Gasteiger charge is 2.22. The van der Waals surface area contributed by atoms with Crippen molar-refractivity contribution < 1.29 is 0 Å². The van der Waals surface area contributed by atoms with Gasteiger partial charge in [0.15, 0.2) is 0 Å². The lowest BCUT2D eigenvalue weighted by Gasteiger charge is -2.22. The van der Waals surface area contributed by atoms with E-state index in [1.165, 1.54) is 0 Å². The molecule has 0 N–H and O–H groups in total. The lowest BCUT2D eigenvalue weighted by Crippen LogP contribution is -2.26. The molecule has 52 valence electrons. The van der Waals surface area contributed by atoms with Crippen molar-refractivity contribution in [1.29, 1.82) is 0 Å². The van der Waals surface area contributed by atoms with Crippen molar-refractivity contribution >= 4 is 8.07 Å². The van der Waals surface area contributed by atoms with Crippen LogP contribution < -0.4 is 0 Å². The van der Waals surface area contributed by atoms with Gasteiger partial charge in [-0.25, -0.2) is 0 Å². The zero-order valence-corrected chi connectivity index (χ0v) is 7.86. The quantitative estimate of drug-likeness (QED) is 0.409. The van der Waals surface area contributed by atoms with Crippen molar-refractivity contribution in [2.45, 2.75) is 38.5 Å². The van der Waals surface area contributed by atoms with Crippen molar-refractivity contribution in [1.82, 2.24) is 0 Å². The molecule has 0 aromatic heterocycles. The van der Waals surface area contributed by atoms with Crippen LogP contribution in [0, 0.1) is 12.3 Å². The van der Waals surface area contributed by atoms with Gasteiger partial charge in [0.2, 0.25) is 0 Å². The number of hydrogen-bond donors (Lipinski definition) is 0. The summed E-state index contributed by atoms with van der Waals surface area (Å²) in [5.41, 5.74) is 0.567. The summed E-state index contributed by atoms with van der Waals surface area (Å²) in [7, 11) is -1.02. The van der Waals surface area contributed by atoms with Gasteiger partial charge in [0.05, 0.1) is 8.07 Å². The van der Waals surface area contributed by atoms with Gasteiger partial charge in [-0.3, -0.25) is 0 Å².